The molecule has 3 heterocycles. The second-order valence-electron chi connectivity index (χ2n) is 10.2. The molecule has 1 aliphatic heterocycles. The lowest BCUT2D eigenvalue weighted by Crippen LogP contribution is -2.38. The Hall–Kier alpha value is -4.78. The predicted molar refractivity (Wildman–Crippen MR) is 156 cm³/mol. The van der Waals surface area contributed by atoms with Crippen molar-refractivity contribution in [3.8, 4) is 11.5 Å². The second-order valence-corrected chi connectivity index (χ2v) is 10.2. The van der Waals surface area contributed by atoms with Gasteiger partial charge in [-0.2, -0.15) is 5.10 Å². The van der Waals surface area contributed by atoms with Crippen molar-refractivity contribution in [3.63, 3.8) is 0 Å². The van der Waals surface area contributed by atoms with Gasteiger partial charge in [-0.05, 0) is 67.4 Å². The van der Waals surface area contributed by atoms with Gasteiger partial charge in [-0.1, -0.05) is 48.5 Å². The monoisotopic (exact) mass is 516 g/mol. The summed E-state index contributed by atoms with van der Waals surface area (Å²) in [7, 11) is 4.06. The number of nitrogens with one attached hydrogen (secondary N) is 1. The molecule has 1 N–H and O–H groups in total. The summed E-state index contributed by atoms with van der Waals surface area (Å²) < 4.78 is 4.18. The van der Waals surface area contributed by atoms with Crippen molar-refractivity contribution < 1.29 is 4.79 Å². The summed E-state index contributed by atoms with van der Waals surface area (Å²) in [5, 5.41) is 8.13. The number of benzene rings is 3. The Bertz CT molecular complexity index is 1630. The maximum absolute atomic E-state index is 14.1. The van der Waals surface area contributed by atoms with Crippen molar-refractivity contribution in [2.45, 2.75) is 26.4 Å². The van der Waals surface area contributed by atoms with Crippen LogP contribution in [0.1, 0.15) is 34.1 Å². The molecule has 2 amide bonds. The Balaban J connectivity index is 1.53. The molecular formula is C32H32N6O. The molecule has 39 heavy (non-hydrogen) atoms. The summed E-state index contributed by atoms with van der Waals surface area (Å²) in [6.07, 6.45) is 2.07. The molecular weight excluding hydrogens is 484 g/mol. The first kappa shape index (κ1) is 24.6. The number of urea groups is 1. The maximum atomic E-state index is 14.1. The topological polar surface area (TPSA) is 58.3 Å². The van der Waals surface area contributed by atoms with Crippen LogP contribution in [-0.4, -0.2) is 39.4 Å². The fraction of sp³-hybridized carbons (Fsp3) is 0.188. The van der Waals surface area contributed by atoms with E-state index in [1.807, 2.05) is 86.1 Å². The first-order chi connectivity index (χ1) is 18.9. The van der Waals surface area contributed by atoms with Crippen LogP contribution < -0.4 is 10.2 Å². The molecule has 1 atom stereocenters. The number of hydrogen-bond donors (Lipinski definition) is 1. The second kappa shape index (κ2) is 9.83. The molecule has 2 aromatic heterocycles. The number of amides is 2. The highest BCUT2D eigenvalue weighted by atomic mass is 16.2. The largest absolute Gasteiger partial charge is 0.378 e. The van der Waals surface area contributed by atoms with Gasteiger partial charge in [-0.25, -0.2) is 9.48 Å². The summed E-state index contributed by atoms with van der Waals surface area (Å²) in [5.74, 6) is 0.958. The first-order valence-electron chi connectivity index (χ1n) is 13.1. The molecule has 7 nitrogen and oxygen atoms in total. The van der Waals surface area contributed by atoms with Crippen molar-refractivity contribution in [2.24, 2.45) is 0 Å². The lowest BCUT2D eigenvalue weighted by molar-refractivity contribution is 0.194. The molecule has 1 aliphatic rings. The Morgan fingerprint density at radius 1 is 0.897 bits per heavy atom. The average molecular weight is 517 g/mol. The number of hydrogen-bond acceptors (Lipinski definition) is 3. The molecule has 0 bridgehead atoms. The van der Waals surface area contributed by atoms with Crippen LogP contribution in [0.2, 0.25) is 0 Å². The van der Waals surface area contributed by atoms with E-state index in [0.29, 0.717) is 6.54 Å². The van der Waals surface area contributed by atoms with Crippen LogP contribution in [-0.2, 0) is 6.54 Å². The average Bonchev–Trinajstić information content (AvgIpc) is 3.51. The van der Waals surface area contributed by atoms with E-state index in [4.69, 9.17) is 5.10 Å². The first-order valence-corrected chi connectivity index (χ1v) is 13.1. The lowest BCUT2D eigenvalue weighted by atomic mass is 10.0. The van der Waals surface area contributed by atoms with Gasteiger partial charge < -0.3 is 19.7 Å². The van der Waals surface area contributed by atoms with Gasteiger partial charge in [0.15, 0.2) is 0 Å². The highest BCUT2D eigenvalue weighted by Gasteiger charge is 2.36. The fourth-order valence-electron chi connectivity index (χ4n) is 5.35. The molecule has 0 unspecified atom stereocenters. The number of carbonyl (C=O) groups excluding carboxylic acids is 1. The van der Waals surface area contributed by atoms with Gasteiger partial charge in [-0.3, -0.25) is 0 Å². The van der Waals surface area contributed by atoms with Crippen LogP contribution in [0, 0.1) is 13.8 Å². The third kappa shape index (κ3) is 4.36. The van der Waals surface area contributed by atoms with Gasteiger partial charge in [-0.15, -0.1) is 0 Å². The molecule has 0 saturated heterocycles. The van der Waals surface area contributed by atoms with E-state index in [1.54, 1.807) is 0 Å². The maximum Gasteiger partial charge on any atom is 0.322 e. The Morgan fingerprint density at radius 3 is 2.33 bits per heavy atom. The quantitative estimate of drug-likeness (QED) is 0.297. The number of carbonyl (C=O) groups is 1. The van der Waals surface area contributed by atoms with E-state index in [1.165, 1.54) is 0 Å². The Morgan fingerprint density at radius 2 is 1.62 bits per heavy atom. The van der Waals surface area contributed by atoms with Gasteiger partial charge in [0.2, 0.25) is 0 Å². The van der Waals surface area contributed by atoms with E-state index in [9.17, 15) is 4.79 Å². The summed E-state index contributed by atoms with van der Waals surface area (Å²) >= 11 is 0. The third-order valence-corrected chi connectivity index (χ3v) is 7.46. The van der Waals surface area contributed by atoms with Crippen molar-refractivity contribution in [1.29, 1.82) is 0 Å². The van der Waals surface area contributed by atoms with Crippen LogP contribution in [0.25, 0.3) is 11.5 Å². The lowest BCUT2D eigenvalue weighted by Gasteiger charge is -2.31. The van der Waals surface area contributed by atoms with E-state index in [0.717, 1.165) is 51.0 Å². The minimum Gasteiger partial charge on any atom is -0.378 e. The van der Waals surface area contributed by atoms with Crippen LogP contribution in [0.15, 0.2) is 97.2 Å². The highest BCUT2D eigenvalue weighted by molar-refractivity contribution is 5.91. The van der Waals surface area contributed by atoms with E-state index in [2.05, 4.69) is 63.4 Å². The minimum absolute atomic E-state index is 0.154. The van der Waals surface area contributed by atoms with Crippen molar-refractivity contribution in [3.05, 3.63) is 125 Å². The molecule has 196 valence electrons. The molecule has 0 aliphatic carbocycles. The van der Waals surface area contributed by atoms with Crippen molar-refractivity contribution >= 4 is 17.4 Å². The number of para-hydroxylation sites is 2. The number of anilines is 2. The summed E-state index contributed by atoms with van der Waals surface area (Å²) in [6, 6.07) is 30.2. The van der Waals surface area contributed by atoms with Gasteiger partial charge >= 0.3 is 6.03 Å². The number of rotatable bonds is 4. The third-order valence-electron chi connectivity index (χ3n) is 7.46. The van der Waals surface area contributed by atoms with Crippen molar-refractivity contribution in [2.75, 3.05) is 24.3 Å². The SMILES string of the molecule is Cc1ccccc1NC(=O)N1Cc2c(C)nn(-c3ccccc3)c2-n2cccc2[C@H]1c1ccc(N(C)C)cc1. The van der Waals surface area contributed by atoms with Crippen LogP contribution in [0.3, 0.4) is 0 Å². The number of nitrogens with zero attached hydrogens (tertiary/aromatic N) is 5. The molecule has 5 aromatic rings. The molecule has 0 fully saturated rings. The number of aryl methyl sites for hydroxylation is 2. The van der Waals surface area contributed by atoms with Crippen LogP contribution >= 0.6 is 0 Å². The minimum atomic E-state index is -0.309. The molecule has 6 rings (SSSR count). The molecule has 7 heteroatoms. The number of fused-ring (bicyclic) bond motifs is 3. The van der Waals surface area contributed by atoms with Crippen molar-refractivity contribution in [1.82, 2.24) is 19.2 Å². The van der Waals surface area contributed by atoms with E-state index in [-0.39, 0.29) is 12.1 Å². The normalized spacial score (nSPS) is 14.4. The smallest absolute Gasteiger partial charge is 0.322 e. The van der Waals surface area contributed by atoms with Gasteiger partial charge in [0.05, 0.1) is 29.7 Å². The molecule has 0 radical (unpaired) electrons. The van der Waals surface area contributed by atoms with E-state index >= 15 is 0 Å². The standard InChI is InChI=1S/C32H32N6O/c1-22-11-8-9-14-28(22)33-32(39)37-21-27-23(2)34-38(26-12-6-5-7-13-26)31(27)36-20-10-15-29(36)30(37)24-16-18-25(19-17-24)35(3)4/h5-20,30H,21H2,1-4H3,(H,33,39)/t30-/m1/s1. The van der Waals surface area contributed by atoms with Crippen LogP contribution in [0.4, 0.5) is 16.2 Å². The summed E-state index contributed by atoms with van der Waals surface area (Å²) in [4.78, 5) is 18.1. The zero-order chi connectivity index (χ0) is 27.1. The van der Waals surface area contributed by atoms with Gasteiger partial charge in [0, 0.05) is 37.2 Å². The van der Waals surface area contributed by atoms with E-state index < -0.39 is 0 Å². The molecule has 0 spiro atoms. The fourth-order valence-corrected chi connectivity index (χ4v) is 5.35. The van der Waals surface area contributed by atoms with Gasteiger partial charge in [0.1, 0.15) is 5.82 Å². The highest BCUT2D eigenvalue weighted by Crippen LogP contribution is 2.39. The Labute approximate surface area is 228 Å². The zero-order valence-corrected chi connectivity index (χ0v) is 22.7. The summed E-state index contributed by atoms with van der Waals surface area (Å²) in [6.45, 7) is 4.44. The number of aromatic nitrogens is 3. The predicted octanol–water partition coefficient (Wildman–Crippen LogP) is 6.48. The summed E-state index contributed by atoms with van der Waals surface area (Å²) in [5.41, 5.74) is 7.87. The molecule has 3 aromatic carbocycles. The van der Waals surface area contributed by atoms with Crippen LogP contribution in [0.5, 0.6) is 0 Å². The molecule has 0 saturated carbocycles. The van der Waals surface area contributed by atoms with Gasteiger partial charge in [0.25, 0.3) is 0 Å². The Kier molecular flexibility index (Phi) is 6.19. The zero-order valence-electron chi connectivity index (χ0n) is 22.7.